The van der Waals surface area contributed by atoms with E-state index in [0.717, 1.165) is 11.6 Å². The molecule has 0 saturated carbocycles. The van der Waals surface area contributed by atoms with Gasteiger partial charge in [0.05, 0.1) is 17.3 Å². The third-order valence-electron chi connectivity index (χ3n) is 3.90. The van der Waals surface area contributed by atoms with Crippen molar-refractivity contribution in [2.24, 2.45) is 0 Å². The summed E-state index contributed by atoms with van der Waals surface area (Å²) in [7, 11) is 0. The number of anilines is 1. The molecule has 0 N–H and O–H groups in total. The van der Waals surface area contributed by atoms with Gasteiger partial charge in [-0.25, -0.2) is 0 Å². The molecule has 0 unspecified atom stereocenters. The van der Waals surface area contributed by atoms with Crippen LogP contribution in [0, 0.1) is 0 Å². The Kier molecular flexibility index (Phi) is 5.76. The van der Waals surface area contributed by atoms with Crippen LogP contribution in [0.15, 0.2) is 50.9 Å². The summed E-state index contributed by atoms with van der Waals surface area (Å²) in [6.45, 7) is 7.89. The molecule has 0 radical (unpaired) electrons. The first-order valence-corrected chi connectivity index (χ1v) is 10.3. The number of thioether (sulfide) groups is 2. The van der Waals surface area contributed by atoms with Crippen LogP contribution in [0.3, 0.4) is 0 Å². The van der Waals surface area contributed by atoms with E-state index < -0.39 is 0 Å². The highest BCUT2D eigenvalue weighted by molar-refractivity contribution is 8.26. The van der Waals surface area contributed by atoms with Crippen molar-refractivity contribution in [1.82, 2.24) is 4.90 Å². The smallest absolute Gasteiger partial charge is 0.269 e. The number of thiocarbonyl (C=S) groups is 1. The van der Waals surface area contributed by atoms with E-state index >= 15 is 0 Å². The van der Waals surface area contributed by atoms with Gasteiger partial charge in [0.1, 0.15) is 15.0 Å². The highest BCUT2D eigenvalue weighted by Gasteiger charge is 2.34. The standard InChI is InChI=1S/C18H20N2O2S3/c1-4-19-12-9-7-8-10-14(12)24-15(19)11-13(22-6-3)16-17(21)20(5-2)18(23)25-16/h7-11H,4-6H2,1-3H3/b15-11+,16-13+. The van der Waals surface area contributed by atoms with Gasteiger partial charge in [-0.05, 0) is 32.9 Å². The second-order valence-corrected chi connectivity index (χ2v) is 8.05. The molecule has 0 atom stereocenters. The Morgan fingerprint density at radius 1 is 1.16 bits per heavy atom. The van der Waals surface area contributed by atoms with Crippen LogP contribution in [0.2, 0.25) is 0 Å². The first-order chi connectivity index (χ1) is 12.1. The number of fused-ring (bicyclic) bond motifs is 1. The number of ether oxygens (including phenoxy) is 1. The fraction of sp³-hybridized carbons (Fsp3) is 0.333. The van der Waals surface area contributed by atoms with E-state index in [1.54, 1.807) is 16.7 Å². The van der Waals surface area contributed by atoms with Gasteiger partial charge in [-0.2, -0.15) is 0 Å². The van der Waals surface area contributed by atoms with Gasteiger partial charge in [-0.15, -0.1) is 0 Å². The molecule has 7 heteroatoms. The van der Waals surface area contributed by atoms with Gasteiger partial charge in [0.15, 0.2) is 0 Å². The zero-order valence-electron chi connectivity index (χ0n) is 14.4. The molecule has 0 aromatic heterocycles. The summed E-state index contributed by atoms with van der Waals surface area (Å²) in [4.78, 5) is 18.3. The lowest BCUT2D eigenvalue weighted by Gasteiger charge is -2.18. The van der Waals surface area contributed by atoms with Gasteiger partial charge in [0, 0.05) is 24.1 Å². The van der Waals surface area contributed by atoms with Crippen LogP contribution < -0.4 is 4.90 Å². The van der Waals surface area contributed by atoms with E-state index in [-0.39, 0.29) is 5.91 Å². The lowest BCUT2D eigenvalue weighted by atomic mass is 10.3. The molecule has 1 saturated heterocycles. The maximum atomic E-state index is 12.6. The van der Waals surface area contributed by atoms with Crippen LogP contribution in [0.25, 0.3) is 0 Å². The molecule has 2 heterocycles. The third-order valence-corrected chi connectivity index (χ3v) is 6.45. The highest BCUT2D eigenvalue weighted by Crippen LogP contribution is 2.46. The Balaban J connectivity index is 2.01. The van der Waals surface area contributed by atoms with Crippen LogP contribution in [-0.2, 0) is 9.53 Å². The third kappa shape index (κ3) is 3.45. The maximum Gasteiger partial charge on any atom is 0.269 e. The van der Waals surface area contributed by atoms with Crippen molar-refractivity contribution < 1.29 is 9.53 Å². The normalized spacial score (nSPS) is 20.5. The second-order valence-electron chi connectivity index (χ2n) is 5.34. The quantitative estimate of drug-likeness (QED) is 0.414. The average Bonchev–Trinajstić information content (AvgIpc) is 3.10. The minimum absolute atomic E-state index is 0.0682. The van der Waals surface area contributed by atoms with E-state index in [2.05, 4.69) is 24.0 Å². The summed E-state index contributed by atoms with van der Waals surface area (Å²) in [6.07, 6.45) is 1.97. The molecule has 25 heavy (non-hydrogen) atoms. The molecule has 0 bridgehead atoms. The molecule has 2 aliphatic heterocycles. The number of nitrogens with zero attached hydrogens (tertiary/aromatic N) is 2. The number of allylic oxidation sites excluding steroid dienone is 1. The monoisotopic (exact) mass is 392 g/mol. The summed E-state index contributed by atoms with van der Waals surface area (Å²) >= 11 is 8.34. The summed E-state index contributed by atoms with van der Waals surface area (Å²) in [5.41, 5.74) is 1.19. The molecule has 1 amide bonds. The molecule has 3 rings (SSSR count). The van der Waals surface area contributed by atoms with Gasteiger partial charge >= 0.3 is 0 Å². The first kappa shape index (κ1) is 18.4. The van der Waals surface area contributed by atoms with Crippen molar-refractivity contribution in [1.29, 1.82) is 0 Å². The van der Waals surface area contributed by atoms with Crippen LogP contribution >= 0.6 is 35.7 Å². The number of carbonyl (C=O) groups is 1. The van der Waals surface area contributed by atoms with Gasteiger partial charge in [-0.1, -0.05) is 47.9 Å². The van der Waals surface area contributed by atoms with Crippen LogP contribution in [0.4, 0.5) is 5.69 Å². The van der Waals surface area contributed by atoms with E-state index in [1.807, 2.05) is 32.1 Å². The van der Waals surface area contributed by atoms with Gasteiger partial charge < -0.3 is 9.64 Å². The Morgan fingerprint density at radius 2 is 1.88 bits per heavy atom. The number of benzene rings is 1. The largest absolute Gasteiger partial charge is 0.492 e. The van der Waals surface area contributed by atoms with Crippen LogP contribution in [0.5, 0.6) is 0 Å². The van der Waals surface area contributed by atoms with E-state index in [0.29, 0.717) is 28.1 Å². The maximum absolute atomic E-state index is 12.6. The van der Waals surface area contributed by atoms with Gasteiger partial charge in [0.25, 0.3) is 5.91 Å². The highest BCUT2D eigenvalue weighted by atomic mass is 32.2. The zero-order chi connectivity index (χ0) is 18.0. The van der Waals surface area contributed by atoms with Gasteiger partial charge in [0.2, 0.25) is 0 Å². The molecule has 1 aromatic carbocycles. The van der Waals surface area contributed by atoms with Crippen molar-refractivity contribution in [3.05, 3.63) is 46.0 Å². The Hall–Kier alpha value is -1.44. The fourth-order valence-electron chi connectivity index (χ4n) is 2.75. The lowest BCUT2D eigenvalue weighted by molar-refractivity contribution is -0.122. The molecule has 0 aliphatic carbocycles. The summed E-state index contributed by atoms with van der Waals surface area (Å²) < 4.78 is 6.42. The Bertz CT molecular complexity index is 773. The van der Waals surface area contributed by atoms with Crippen molar-refractivity contribution in [3.63, 3.8) is 0 Å². The van der Waals surface area contributed by atoms with E-state index in [1.165, 1.54) is 22.3 Å². The minimum atomic E-state index is -0.0682. The molecular formula is C18H20N2O2S3. The zero-order valence-corrected chi connectivity index (χ0v) is 16.9. The number of para-hydroxylation sites is 1. The van der Waals surface area contributed by atoms with Crippen molar-refractivity contribution in [3.8, 4) is 0 Å². The minimum Gasteiger partial charge on any atom is -0.492 e. The van der Waals surface area contributed by atoms with Crippen LogP contribution in [-0.4, -0.2) is 34.8 Å². The molecule has 1 aromatic rings. The predicted octanol–water partition coefficient (Wildman–Crippen LogP) is 4.59. The predicted molar refractivity (Wildman–Crippen MR) is 110 cm³/mol. The molecule has 2 aliphatic rings. The second kappa shape index (κ2) is 7.85. The number of amides is 1. The molecular weight excluding hydrogens is 372 g/mol. The van der Waals surface area contributed by atoms with Crippen LogP contribution in [0.1, 0.15) is 20.8 Å². The first-order valence-electron chi connectivity index (χ1n) is 8.27. The SMILES string of the molecule is CCOC(/C=C1/Sc2ccccc2N1CC)=C1/SC(=S)N(CC)C1=O. The number of hydrogen-bond acceptors (Lipinski definition) is 6. The van der Waals surface area contributed by atoms with Crippen molar-refractivity contribution >= 4 is 51.7 Å². The Morgan fingerprint density at radius 3 is 2.52 bits per heavy atom. The van der Waals surface area contributed by atoms with E-state index in [9.17, 15) is 4.79 Å². The molecule has 132 valence electrons. The lowest BCUT2D eigenvalue weighted by Crippen LogP contribution is -2.27. The van der Waals surface area contributed by atoms with Crippen molar-refractivity contribution in [2.45, 2.75) is 25.7 Å². The van der Waals surface area contributed by atoms with Crippen molar-refractivity contribution in [2.75, 3.05) is 24.6 Å². The van der Waals surface area contributed by atoms with E-state index in [4.69, 9.17) is 17.0 Å². The summed E-state index contributed by atoms with van der Waals surface area (Å²) in [5.74, 6) is 0.533. The Labute approximate surface area is 162 Å². The molecule has 1 fully saturated rings. The molecule has 0 spiro atoms. The number of carbonyl (C=O) groups excluding carboxylic acids is 1. The summed E-state index contributed by atoms with van der Waals surface area (Å²) in [6, 6.07) is 8.31. The van der Waals surface area contributed by atoms with Gasteiger partial charge in [-0.3, -0.25) is 9.69 Å². The number of hydrogen-bond donors (Lipinski definition) is 0. The average molecular weight is 393 g/mol. The fourth-order valence-corrected chi connectivity index (χ4v) is 5.28. The summed E-state index contributed by atoms with van der Waals surface area (Å²) in [5, 5.41) is 1.06. The number of likely N-dealkylation sites (N-methyl/N-ethyl adjacent to an activating group) is 1. The molecule has 4 nitrogen and oxygen atoms in total. The topological polar surface area (TPSA) is 32.8 Å². The number of rotatable bonds is 5.